The molecule has 1 aliphatic rings. The van der Waals surface area contributed by atoms with E-state index >= 15 is 0 Å². The fourth-order valence-corrected chi connectivity index (χ4v) is 4.23. The number of benzene rings is 2. The van der Waals surface area contributed by atoms with Gasteiger partial charge in [0.1, 0.15) is 5.54 Å². The summed E-state index contributed by atoms with van der Waals surface area (Å²) in [6.45, 7) is 10.8. The summed E-state index contributed by atoms with van der Waals surface area (Å²) in [5.41, 5.74) is 6.65. The molecule has 4 rings (SSSR count). The molecular weight excluding hydrogens is 360 g/mol. The Morgan fingerprint density at radius 3 is 2.34 bits per heavy atom. The number of nitrogens with zero attached hydrogens (tertiary/aromatic N) is 1. The molecule has 1 aliphatic heterocycles. The van der Waals surface area contributed by atoms with Gasteiger partial charge in [0.15, 0.2) is 0 Å². The molecule has 2 heterocycles. The van der Waals surface area contributed by atoms with Gasteiger partial charge >= 0.3 is 5.97 Å². The highest BCUT2D eigenvalue weighted by atomic mass is 16.5. The minimum Gasteiger partial charge on any atom is -0.465 e. The molecule has 0 spiro atoms. The SMILES string of the molecule is COC(=O)c1cc2n(c1C)-c1ccccc1NC2(C)c1ccc(C(C)(C)C)cc1. The maximum absolute atomic E-state index is 12.4. The summed E-state index contributed by atoms with van der Waals surface area (Å²) in [5, 5.41) is 3.73. The molecule has 0 bridgehead atoms. The third kappa shape index (κ3) is 2.94. The van der Waals surface area contributed by atoms with Crippen LogP contribution in [0.1, 0.15) is 60.6 Å². The normalized spacial score (nSPS) is 17.9. The molecular formula is C25H28N2O2. The van der Waals surface area contributed by atoms with Gasteiger partial charge in [0.05, 0.1) is 29.7 Å². The number of hydrogen-bond donors (Lipinski definition) is 1. The van der Waals surface area contributed by atoms with E-state index < -0.39 is 5.54 Å². The second-order valence-electron chi connectivity index (χ2n) is 8.95. The molecule has 150 valence electrons. The monoisotopic (exact) mass is 388 g/mol. The van der Waals surface area contributed by atoms with Gasteiger partial charge in [0, 0.05) is 5.69 Å². The van der Waals surface area contributed by atoms with Gasteiger partial charge in [-0.25, -0.2) is 4.79 Å². The first-order valence-electron chi connectivity index (χ1n) is 9.96. The molecule has 1 atom stereocenters. The minimum absolute atomic E-state index is 0.0981. The van der Waals surface area contributed by atoms with E-state index in [0.29, 0.717) is 5.56 Å². The first kappa shape index (κ1) is 19.3. The number of aromatic nitrogens is 1. The molecule has 29 heavy (non-hydrogen) atoms. The molecule has 1 aromatic heterocycles. The number of nitrogens with one attached hydrogen (secondary N) is 1. The Labute approximate surface area is 172 Å². The molecule has 1 N–H and O–H groups in total. The van der Waals surface area contributed by atoms with Crippen LogP contribution >= 0.6 is 0 Å². The molecule has 2 aromatic carbocycles. The first-order chi connectivity index (χ1) is 13.7. The Morgan fingerprint density at radius 2 is 1.72 bits per heavy atom. The van der Waals surface area contributed by atoms with E-state index in [9.17, 15) is 4.79 Å². The van der Waals surface area contributed by atoms with E-state index in [-0.39, 0.29) is 11.4 Å². The lowest BCUT2D eigenvalue weighted by Gasteiger charge is -2.39. The Bertz CT molecular complexity index is 1090. The third-order valence-corrected chi connectivity index (χ3v) is 6.02. The molecule has 1 unspecified atom stereocenters. The number of methoxy groups -OCH3 is 1. The van der Waals surface area contributed by atoms with E-state index in [1.54, 1.807) is 0 Å². The minimum atomic E-state index is -0.484. The molecule has 3 aromatic rings. The van der Waals surface area contributed by atoms with Crippen LogP contribution in [-0.2, 0) is 15.7 Å². The second-order valence-corrected chi connectivity index (χ2v) is 8.95. The molecule has 0 saturated heterocycles. The van der Waals surface area contributed by atoms with Crippen molar-refractivity contribution in [2.75, 3.05) is 12.4 Å². The quantitative estimate of drug-likeness (QED) is 0.585. The fourth-order valence-electron chi connectivity index (χ4n) is 4.23. The van der Waals surface area contributed by atoms with E-state index in [0.717, 1.165) is 28.3 Å². The summed E-state index contributed by atoms with van der Waals surface area (Å²) < 4.78 is 7.21. The molecule has 4 nitrogen and oxygen atoms in total. The highest BCUT2D eigenvalue weighted by Crippen LogP contribution is 2.43. The number of hydrogen-bond acceptors (Lipinski definition) is 3. The van der Waals surface area contributed by atoms with Gasteiger partial charge in [0.2, 0.25) is 0 Å². The van der Waals surface area contributed by atoms with Crippen molar-refractivity contribution in [3.8, 4) is 5.69 Å². The fraction of sp³-hybridized carbons (Fsp3) is 0.320. The van der Waals surface area contributed by atoms with Crippen LogP contribution in [0.3, 0.4) is 0 Å². The predicted octanol–water partition coefficient (Wildman–Crippen LogP) is 5.56. The van der Waals surface area contributed by atoms with Crippen molar-refractivity contribution in [3.63, 3.8) is 0 Å². The van der Waals surface area contributed by atoms with Crippen molar-refractivity contribution in [2.24, 2.45) is 0 Å². The van der Waals surface area contributed by atoms with Crippen LogP contribution in [0.25, 0.3) is 5.69 Å². The number of carbonyl (C=O) groups excluding carboxylic acids is 1. The molecule has 0 aliphatic carbocycles. The summed E-state index contributed by atoms with van der Waals surface area (Å²) in [6, 6.07) is 18.9. The lowest BCUT2D eigenvalue weighted by atomic mass is 9.82. The van der Waals surface area contributed by atoms with E-state index in [4.69, 9.17) is 4.74 Å². The van der Waals surface area contributed by atoms with Gasteiger partial charge in [-0.1, -0.05) is 57.2 Å². The number of para-hydroxylation sites is 2. The van der Waals surface area contributed by atoms with Crippen LogP contribution in [0.15, 0.2) is 54.6 Å². The van der Waals surface area contributed by atoms with Crippen LogP contribution in [0.5, 0.6) is 0 Å². The van der Waals surface area contributed by atoms with Crippen molar-refractivity contribution in [1.29, 1.82) is 0 Å². The number of rotatable bonds is 2. The largest absolute Gasteiger partial charge is 0.465 e. The van der Waals surface area contributed by atoms with Gasteiger partial charge in [-0.05, 0) is 48.6 Å². The highest BCUT2D eigenvalue weighted by Gasteiger charge is 2.39. The molecule has 0 amide bonds. The van der Waals surface area contributed by atoms with Gasteiger partial charge in [-0.3, -0.25) is 0 Å². The Hall–Kier alpha value is -3.01. The lowest BCUT2D eigenvalue weighted by molar-refractivity contribution is 0.0600. The van der Waals surface area contributed by atoms with Crippen molar-refractivity contribution in [3.05, 3.63) is 82.7 Å². The first-order valence-corrected chi connectivity index (χ1v) is 9.96. The van der Waals surface area contributed by atoms with Gasteiger partial charge in [-0.2, -0.15) is 0 Å². The molecule has 0 radical (unpaired) electrons. The summed E-state index contributed by atoms with van der Waals surface area (Å²) in [7, 11) is 1.43. The zero-order valence-corrected chi connectivity index (χ0v) is 18.0. The van der Waals surface area contributed by atoms with Gasteiger partial charge < -0.3 is 14.6 Å². The standard InChI is InChI=1S/C25H28N2O2/c1-16-19(23(28)29-6)15-22-25(5,18-13-11-17(12-14-18)24(2,3)4)26-20-9-7-8-10-21(20)27(16)22/h7-15,26H,1-6H3. The summed E-state index contributed by atoms with van der Waals surface area (Å²) in [4.78, 5) is 12.4. The van der Waals surface area contributed by atoms with Crippen LogP contribution in [0.4, 0.5) is 5.69 Å². The van der Waals surface area contributed by atoms with Gasteiger partial charge in [0.25, 0.3) is 0 Å². The molecule has 0 saturated carbocycles. The molecule has 4 heteroatoms. The smallest absolute Gasteiger partial charge is 0.339 e. The summed E-state index contributed by atoms with van der Waals surface area (Å²) in [5.74, 6) is -0.313. The van der Waals surface area contributed by atoms with Crippen LogP contribution in [-0.4, -0.2) is 17.6 Å². The average Bonchev–Trinajstić information content (AvgIpc) is 3.05. The predicted molar refractivity (Wildman–Crippen MR) is 117 cm³/mol. The zero-order valence-electron chi connectivity index (χ0n) is 18.0. The Balaban J connectivity index is 1.94. The van der Waals surface area contributed by atoms with E-state index in [1.807, 2.05) is 25.1 Å². The van der Waals surface area contributed by atoms with Crippen LogP contribution < -0.4 is 5.32 Å². The maximum Gasteiger partial charge on any atom is 0.339 e. The number of esters is 1. The highest BCUT2D eigenvalue weighted by molar-refractivity contribution is 5.92. The zero-order chi connectivity index (χ0) is 21.0. The van der Waals surface area contributed by atoms with Crippen molar-refractivity contribution >= 4 is 11.7 Å². The number of carbonyl (C=O) groups is 1. The number of fused-ring (bicyclic) bond motifs is 3. The van der Waals surface area contributed by atoms with Crippen LogP contribution in [0.2, 0.25) is 0 Å². The number of ether oxygens (including phenoxy) is 1. The molecule has 0 fully saturated rings. The summed E-state index contributed by atoms with van der Waals surface area (Å²) >= 11 is 0. The van der Waals surface area contributed by atoms with E-state index in [1.165, 1.54) is 12.7 Å². The van der Waals surface area contributed by atoms with E-state index in [2.05, 4.69) is 74.0 Å². The van der Waals surface area contributed by atoms with Crippen molar-refractivity contribution in [2.45, 2.75) is 45.6 Å². The van der Waals surface area contributed by atoms with Crippen LogP contribution in [0, 0.1) is 6.92 Å². The van der Waals surface area contributed by atoms with Crippen molar-refractivity contribution in [1.82, 2.24) is 4.57 Å². The number of anilines is 1. The van der Waals surface area contributed by atoms with Crippen molar-refractivity contribution < 1.29 is 9.53 Å². The van der Waals surface area contributed by atoms with Gasteiger partial charge in [-0.15, -0.1) is 0 Å². The topological polar surface area (TPSA) is 43.3 Å². The summed E-state index contributed by atoms with van der Waals surface area (Å²) in [6.07, 6.45) is 0. The maximum atomic E-state index is 12.4. The average molecular weight is 389 g/mol. The lowest BCUT2D eigenvalue weighted by Crippen LogP contribution is -2.39. The Kier molecular flexibility index (Phi) is 4.34. The second kappa shape index (κ2) is 6.51. The Morgan fingerprint density at radius 1 is 1.07 bits per heavy atom. The third-order valence-electron chi connectivity index (χ3n) is 6.02.